The van der Waals surface area contributed by atoms with Crippen LogP contribution in [0.5, 0.6) is 0 Å². The minimum atomic E-state index is 0.426. The van der Waals surface area contributed by atoms with Crippen LogP contribution in [-0.2, 0) is 7.05 Å². The zero-order valence-electron chi connectivity index (χ0n) is 19.1. The fourth-order valence-corrected chi connectivity index (χ4v) is 6.56. The van der Waals surface area contributed by atoms with Crippen LogP contribution in [0.25, 0.3) is 22.4 Å². The Balaban J connectivity index is 1.50. The standard InChI is InChI=1S/C29H34N/c1-20-9-6-7-12-25(20)27-14-13-23(19-30(27)5)21-10-8-11-22(17-21)26-18-24-15-16-29(26,4)28(24,2)3/h6-14,17,19,24,26H,15-16,18H2,1-5H3/q+1. The highest BCUT2D eigenvalue weighted by molar-refractivity contribution is 5.66. The molecule has 154 valence electrons. The van der Waals surface area contributed by atoms with Crippen molar-refractivity contribution >= 4 is 0 Å². The van der Waals surface area contributed by atoms with E-state index in [0.717, 1.165) is 5.92 Å². The van der Waals surface area contributed by atoms with Crippen LogP contribution < -0.4 is 4.57 Å². The molecule has 1 heteroatoms. The van der Waals surface area contributed by atoms with Crippen molar-refractivity contribution in [1.82, 2.24) is 0 Å². The van der Waals surface area contributed by atoms with E-state index in [1.54, 1.807) is 0 Å². The Bertz CT molecular complexity index is 1110. The predicted octanol–water partition coefficient (Wildman–Crippen LogP) is 7.08. The third-order valence-corrected chi connectivity index (χ3v) is 8.97. The first-order valence-corrected chi connectivity index (χ1v) is 11.5. The molecular weight excluding hydrogens is 362 g/mol. The molecule has 5 rings (SSSR count). The second-order valence-corrected chi connectivity index (χ2v) is 10.5. The average molecular weight is 397 g/mol. The van der Waals surface area contributed by atoms with E-state index >= 15 is 0 Å². The lowest BCUT2D eigenvalue weighted by Crippen LogP contribution is -2.31. The van der Waals surface area contributed by atoms with Gasteiger partial charge >= 0.3 is 0 Å². The van der Waals surface area contributed by atoms with Crippen molar-refractivity contribution in [3.8, 4) is 22.4 Å². The molecule has 3 aromatic rings. The van der Waals surface area contributed by atoms with Gasteiger partial charge in [-0.05, 0) is 77.7 Å². The Hall–Kier alpha value is -2.41. The van der Waals surface area contributed by atoms with E-state index in [1.807, 2.05) is 0 Å². The molecule has 0 amide bonds. The zero-order chi connectivity index (χ0) is 21.1. The summed E-state index contributed by atoms with van der Waals surface area (Å²) in [5, 5.41) is 0. The van der Waals surface area contributed by atoms with Gasteiger partial charge in [0.15, 0.2) is 6.20 Å². The van der Waals surface area contributed by atoms with Gasteiger partial charge in [-0.1, -0.05) is 63.2 Å². The van der Waals surface area contributed by atoms with Gasteiger partial charge < -0.3 is 0 Å². The molecule has 0 N–H and O–H groups in total. The Labute approximate surface area is 181 Å². The van der Waals surface area contributed by atoms with Crippen molar-refractivity contribution in [1.29, 1.82) is 0 Å². The van der Waals surface area contributed by atoms with Gasteiger partial charge in [-0.3, -0.25) is 0 Å². The van der Waals surface area contributed by atoms with Gasteiger partial charge in [-0.2, -0.15) is 0 Å². The summed E-state index contributed by atoms with van der Waals surface area (Å²) in [7, 11) is 2.16. The summed E-state index contributed by atoms with van der Waals surface area (Å²) in [6.45, 7) is 9.76. The molecule has 0 radical (unpaired) electrons. The van der Waals surface area contributed by atoms with E-state index in [9.17, 15) is 0 Å². The van der Waals surface area contributed by atoms with Gasteiger partial charge in [0.05, 0.1) is 0 Å². The minimum Gasteiger partial charge on any atom is -0.200 e. The number of rotatable bonds is 3. The molecule has 0 saturated heterocycles. The topological polar surface area (TPSA) is 3.88 Å². The third-order valence-electron chi connectivity index (χ3n) is 8.97. The largest absolute Gasteiger partial charge is 0.212 e. The van der Waals surface area contributed by atoms with Crippen LogP contribution in [0, 0.1) is 23.7 Å². The smallest absolute Gasteiger partial charge is 0.200 e. The van der Waals surface area contributed by atoms with Crippen LogP contribution in [0.15, 0.2) is 66.9 Å². The van der Waals surface area contributed by atoms with Crippen LogP contribution >= 0.6 is 0 Å². The van der Waals surface area contributed by atoms with Crippen molar-refractivity contribution in [3.63, 3.8) is 0 Å². The average Bonchev–Trinajstić information content (AvgIpc) is 3.08. The van der Waals surface area contributed by atoms with Crippen LogP contribution in [0.3, 0.4) is 0 Å². The molecule has 1 aromatic heterocycles. The molecule has 2 aliphatic rings. The second kappa shape index (κ2) is 6.80. The predicted molar refractivity (Wildman–Crippen MR) is 125 cm³/mol. The van der Waals surface area contributed by atoms with Crippen LogP contribution in [0.2, 0.25) is 0 Å². The van der Waals surface area contributed by atoms with E-state index in [1.165, 1.54) is 52.8 Å². The van der Waals surface area contributed by atoms with Crippen molar-refractivity contribution < 1.29 is 4.57 Å². The lowest BCUT2D eigenvalue weighted by Gasteiger charge is -2.39. The molecule has 2 fully saturated rings. The van der Waals surface area contributed by atoms with Gasteiger partial charge in [-0.15, -0.1) is 0 Å². The number of hydrogen-bond acceptors (Lipinski definition) is 0. The van der Waals surface area contributed by atoms with Gasteiger partial charge in [-0.25, -0.2) is 4.57 Å². The van der Waals surface area contributed by atoms with E-state index < -0.39 is 0 Å². The Kier molecular flexibility index (Phi) is 4.43. The van der Waals surface area contributed by atoms with Gasteiger partial charge in [0.2, 0.25) is 5.69 Å². The van der Waals surface area contributed by atoms with E-state index in [4.69, 9.17) is 0 Å². The monoisotopic (exact) mass is 396 g/mol. The fourth-order valence-electron chi connectivity index (χ4n) is 6.56. The van der Waals surface area contributed by atoms with Crippen molar-refractivity contribution in [2.45, 2.75) is 52.9 Å². The number of aromatic nitrogens is 1. The maximum atomic E-state index is 2.55. The normalized spacial score (nSPS) is 26.8. The highest BCUT2D eigenvalue weighted by Crippen LogP contribution is 2.70. The Morgan fingerprint density at radius 1 is 0.900 bits per heavy atom. The summed E-state index contributed by atoms with van der Waals surface area (Å²) >= 11 is 0. The molecule has 3 unspecified atom stereocenters. The minimum absolute atomic E-state index is 0.426. The van der Waals surface area contributed by atoms with Crippen LogP contribution in [-0.4, -0.2) is 0 Å². The molecule has 2 bridgehead atoms. The number of pyridine rings is 1. The number of nitrogens with zero attached hydrogens (tertiary/aromatic N) is 1. The molecule has 30 heavy (non-hydrogen) atoms. The van der Waals surface area contributed by atoms with Crippen LogP contribution in [0.4, 0.5) is 0 Å². The molecule has 2 saturated carbocycles. The highest BCUT2D eigenvalue weighted by atomic mass is 14.9. The quantitative estimate of drug-likeness (QED) is 0.416. The van der Waals surface area contributed by atoms with Gasteiger partial charge in [0.1, 0.15) is 7.05 Å². The Morgan fingerprint density at radius 2 is 1.70 bits per heavy atom. The molecule has 2 aliphatic carbocycles. The number of fused-ring (bicyclic) bond motifs is 2. The van der Waals surface area contributed by atoms with Crippen LogP contribution in [0.1, 0.15) is 57.1 Å². The molecule has 0 aliphatic heterocycles. The molecule has 2 aromatic carbocycles. The summed E-state index contributed by atoms with van der Waals surface area (Å²) in [6, 6.07) is 22.6. The first-order chi connectivity index (χ1) is 14.3. The van der Waals surface area contributed by atoms with Gasteiger partial charge in [0, 0.05) is 17.2 Å². The molecule has 3 atom stereocenters. The first-order valence-electron chi connectivity index (χ1n) is 11.5. The highest BCUT2D eigenvalue weighted by Gasteiger charge is 2.61. The summed E-state index contributed by atoms with van der Waals surface area (Å²) in [6.07, 6.45) is 6.43. The summed E-state index contributed by atoms with van der Waals surface area (Å²) in [5.41, 5.74) is 8.93. The molecule has 1 heterocycles. The van der Waals surface area contributed by atoms with Gasteiger partial charge in [0.25, 0.3) is 0 Å². The molecule has 1 nitrogen and oxygen atoms in total. The molecular formula is C29H34N+. The number of hydrogen-bond donors (Lipinski definition) is 0. The summed E-state index contributed by atoms with van der Waals surface area (Å²) in [4.78, 5) is 0. The van der Waals surface area contributed by atoms with Crippen molar-refractivity contribution in [3.05, 3.63) is 78.0 Å². The Morgan fingerprint density at radius 3 is 2.37 bits per heavy atom. The van der Waals surface area contributed by atoms with E-state index in [0.29, 0.717) is 16.7 Å². The van der Waals surface area contributed by atoms with E-state index in [2.05, 4.69) is 106 Å². The second-order valence-electron chi connectivity index (χ2n) is 10.5. The summed E-state index contributed by atoms with van der Waals surface area (Å²) < 4.78 is 2.27. The fraction of sp³-hybridized carbons (Fsp3) is 0.414. The zero-order valence-corrected chi connectivity index (χ0v) is 19.1. The lowest BCUT2D eigenvalue weighted by atomic mass is 9.65. The maximum Gasteiger partial charge on any atom is 0.212 e. The van der Waals surface area contributed by atoms with E-state index in [-0.39, 0.29) is 0 Å². The lowest BCUT2D eigenvalue weighted by molar-refractivity contribution is -0.659. The molecule has 0 spiro atoms. The third kappa shape index (κ3) is 2.78. The first kappa shape index (κ1) is 19.5. The van der Waals surface area contributed by atoms with Crippen molar-refractivity contribution in [2.24, 2.45) is 23.8 Å². The SMILES string of the molecule is Cc1ccccc1-c1ccc(-c2cccc(C3CC4CCC3(C)C4(C)C)c2)c[n+]1C. The maximum absolute atomic E-state index is 2.55. The number of benzene rings is 2. The number of aryl methyl sites for hydroxylation is 2. The van der Waals surface area contributed by atoms with Crippen molar-refractivity contribution in [2.75, 3.05) is 0 Å². The summed E-state index contributed by atoms with van der Waals surface area (Å²) in [5.74, 6) is 1.56.